The summed E-state index contributed by atoms with van der Waals surface area (Å²) in [5, 5.41) is 27.0. The van der Waals surface area contributed by atoms with Crippen LogP contribution in [0.15, 0.2) is 0 Å². The van der Waals surface area contributed by atoms with Crippen molar-refractivity contribution in [2.24, 2.45) is 0 Å². The fraction of sp³-hybridized carbons (Fsp3) is 0.600. The molecule has 1 unspecified atom stereocenters. The molecule has 6 nitrogen and oxygen atoms in total. The molecule has 0 aromatic carbocycles. The number of aliphatic hydroxyl groups is 1. The highest BCUT2D eigenvalue weighted by atomic mass is 16.4. The summed E-state index contributed by atoms with van der Waals surface area (Å²) in [6.07, 6.45) is -1.16. The van der Waals surface area contributed by atoms with Gasteiger partial charge in [-0.15, -0.1) is 0 Å². The van der Waals surface area contributed by atoms with E-state index in [1.54, 1.807) is 0 Å². The highest BCUT2D eigenvalue weighted by Gasteiger charge is 2.26. The molecular formula is C5H9NO5. The third-order valence-corrected chi connectivity index (χ3v) is 0.902. The van der Waals surface area contributed by atoms with Gasteiger partial charge in [-0.05, 0) is 6.92 Å². The van der Waals surface area contributed by atoms with Gasteiger partial charge in [0, 0.05) is 0 Å². The Morgan fingerprint density at radius 2 is 1.64 bits per heavy atom. The predicted molar refractivity (Wildman–Crippen MR) is 33.9 cm³/mol. The van der Waals surface area contributed by atoms with Crippen molar-refractivity contribution in [3.63, 3.8) is 0 Å². The van der Waals surface area contributed by atoms with E-state index in [2.05, 4.69) is 0 Å². The van der Waals surface area contributed by atoms with Crippen LogP contribution in [0.5, 0.6) is 0 Å². The number of carboxylic acids is 2. The molecule has 0 aromatic heterocycles. The number of aliphatic hydroxyl groups excluding tert-OH is 1. The molecule has 0 spiro atoms. The average Bonchev–Trinajstić information content (AvgIpc) is 1.81. The lowest BCUT2D eigenvalue weighted by atomic mass is 10.3. The zero-order chi connectivity index (χ0) is 9.02. The van der Waals surface area contributed by atoms with Crippen LogP contribution in [0.3, 0.4) is 0 Å². The minimum absolute atomic E-state index is 1.16. The zero-order valence-corrected chi connectivity index (χ0v) is 5.81. The topological polar surface area (TPSA) is 107 Å². The van der Waals surface area contributed by atoms with Crippen LogP contribution in [0, 0.1) is 0 Å². The Labute approximate surface area is 62.5 Å². The second kappa shape index (κ2) is 3.89. The number of hydrogen-bond donors (Lipinski definition) is 4. The Hall–Kier alpha value is -1.14. The number of nitrogens with one attached hydrogen (secondary N) is 1. The number of hydrogen-bond acceptors (Lipinski definition) is 4. The third-order valence-electron chi connectivity index (χ3n) is 0.902. The van der Waals surface area contributed by atoms with Gasteiger partial charge in [-0.25, -0.2) is 9.59 Å². The van der Waals surface area contributed by atoms with Gasteiger partial charge in [-0.2, -0.15) is 0 Å². The summed E-state index contributed by atoms with van der Waals surface area (Å²) in [6, 6.07) is -1.75. The first kappa shape index (κ1) is 9.86. The second-order valence-corrected chi connectivity index (χ2v) is 1.95. The lowest BCUT2D eigenvalue weighted by Gasteiger charge is -2.11. The molecule has 0 amide bonds. The molecule has 0 aliphatic heterocycles. The fourth-order valence-electron chi connectivity index (χ4n) is 0.489. The normalized spacial score (nSPS) is 13.0. The summed E-state index contributed by atoms with van der Waals surface area (Å²) in [7, 11) is 0. The molecule has 0 aromatic rings. The third kappa shape index (κ3) is 3.54. The van der Waals surface area contributed by atoms with Crippen molar-refractivity contribution in [2.45, 2.75) is 19.2 Å². The van der Waals surface area contributed by atoms with E-state index in [1.165, 1.54) is 6.92 Å². The van der Waals surface area contributed by atoms with Crippen molar-refractivity contribution < 1.29 is 24.9 Å². The monoisotopic (exact) mass is 163 g/mol. The molecule has 0 rings (SSSR count). The Bertz CT molecular complexity index is 152. The van der Waals surface area contributed by atoms with E-state index in [-0.39, 0.29) is 0 Å². The largest absolute Gasteiger partial charge is 0.480 e. The van der Waals surface area contributed by atoms with E-state index >= 15 is 0 Å². The lowest BCUT2D eigenvalue weighted by Crippen LogP contribution is -2.47. The van der Waals surface area contributed by atoms with Crippen LogP contribution in [0.25, 0.3) is 0 Å². The van der Waals surface area contributed by atoms with Gasteiger partial charge >= 0.3 is 11.9 Å². The first-order valence-electron chi connectivity index (χ1n) is 2.85. The van der Waals surface area contributed by atoms with Gasteiger partial charge in [-0.3, -0.25) is 5.32 Å². The molecule has 0 saturated carbocycles. The molecule has 0 saturated heterocycles. The Morgan fingerprint density at radius 1 is 1.27 bits per heavy atom. The Morgan fingerprint density at radius 3 is 1.73 bits per heavy atom. The quantitative estimate of drug-likeness (QED) is 0.295. The predicted octanol–water partition coefficient (Wildman–Crippen LogP) is -1.55. The van der Waals surface area contributed by atoms with Crippen LogP contribution < -0.4 is 5.32 Å². The van der Waals surface area contributed by atoms with E-state index in [0.29, 0.717) is 0 Å². The zero-order valence-electron chi connectivity index (χ0n) is 5.81. The van der Waals surface area contributed by atoms with E-state index in [1.807, 2.05) is 5.32 Å². The molecular weight excluding hydrogens is 154 g/mol. The van der Waals surface area contributed by atoms with Gasteiger partial charge < -0.3 is 15.3 Å². The van der Waals surface area contributed by atoms with Gasteiger partial charge in [0.25, 0.3) is 0 Å². The molecule has 0 radical (unpaired) electrons. The maximum Gasteiger partial charge on any atom is 0.332 e. The van der Waals surface area contributed by atoms with Crippen LogP contribution in [-0.2, 0) is 9.59 Å². The van der Waals surface area contributed by atoms with Crippen molar-refractivity contribution in [1.82, 2.24) is 5.32 Å². The summed E-state index contributed by atoms with van der Waals surface area (Å²) in [4.78, 5) is 20.2. The molecule has 11 heavy (non-hydrogen) atoms. The number of rotatable bonds is 4. The first-order chi connectivity index (χ1) is 4.95. The second-order valence-electron chi connectivity index (χ2n) is 1.95. The summed E-state index contributed by atoms with van der Waals surface area (Å²) in [5.41, 5.74) is 0. The smallest absolute Gasteiger partial charge is 0.332 e. The van der Waals surface area contributed by atoms with E-state index in [0.717, 1.165) is 0 Å². The molecule has 0 bridgehead atoms. The van der Waals surface area contributed by atoms with E-state index in [4.69, 9.17) is 15.3 Å². The van der Waals surface area contributed by atoms with Crippen LogP contribution in [-0.4, -0.2) is 39.5 Å². The van der Waals surface area contributed by atoms with Gasteiger partial charge in [0.05, 0.1) is 0 Å². The van der Waals surface area contributed by atoms with Gasteiger partial charge in [0.2, 0.25) is 6.04 Å². The summed E-state index contributed by atoms with van der Waals surface area (Å²) in [6.45, 7) is 1.23. The highest BCUT2D eigenvalue weighted by molar-refractivity contribution is 5.97. The molecule has 6 heteroatoms. The maximum absolute atomic E-state index is 10.1. The lowest BCUT2D eigenvalue weighted by molar-refractivity contribution is -0.152. The molecule has 4 N–H and O–H groups in total. The minimum atomic E-state index is -1.75. The highest BCUT2D eigenvalue weighted by Crippen LogP contribution is 1.86. The molecule has 0 heterocycles. The maximum atomic E-state index is 10.1. The van der Waals surface area contributed by atoms with Crippen molar-refractivity contribution in [1.29, 1.82) is 0 Å². The van der Waals surface area contributed by atoms with Crippen LogP contribution >= 0.6 is 0 Å². The Kier molecular flexibility index (Phi) is 3.49. The van der Waals surface area contributed by atoms with Crippen LogP contribution in [0.2, 0.25) is 0 Å². The van der Waals surface area contributed by atoms with E-state index < -0.39 is 24.2 Å². The first-order valence-corrected chi connectivity index (χ1v) is 2.85. The van der Waals surface area contributed by atoms with Crippen LogP contribution in [0.4, 0.5) is 0 Å². The number of carbonyl (C=O) groups is 2. The molecule has 1 atom stereocenters. The standard InChI is InChI=1S/C5H9NO5/c1-2(7)6-3(4(8)9)5(10)11/h2-3,6-7H,1H3,(H,8,9)(H,10,11). The SMILES string of the molecule is CC(O)NC(C(=O)O)C(=O)O. The van der Waals surface area contributed by atoms with Gasteiger partial charge in [-0.1, -0.05) is 0 Å². The van der Waals surface area contributed by atoms with Crippen molar-refractivity contribution in [3.8, 4) is 0 Å². The summed E-state index contributed by atoms with van der Waals surface area (Å²) in [5.74, 6) is -3.06. The van der Waals surface area contributed by atoms with E-state index in [9.17, 15) is 9.59 Å². The van der Waals surface area contributed by atoms with Crippen molar-refractivity contribution in [3.05, 3.63) is 0 Å². The fourth-order valence-corrected chi connectivity index (χ4v) is 0.489. The van der Waals surface area contributed by atoms with Gasteiger partial charge in [0.15, 0.2) is 0 Å². The number of aliphatic carboxylic acids is 2. The Balaban J connectivity index is 4.12. The van der Waals surface area contributed by atoms with Crippen LogP contribution in [0.1, 0.15) is 6.92 Å². The molecule has 0 fully saturated rings. The van der Waals surface area contributed by atoms with Crippen molar-refractivity contribution in [2.75, 3.05) is 0 Å². The number of carboxylic acid groups (broad SMARTS) is 2. The van der Waals surface area contributed by atoms with Gasteiger partial charge in [0.1, 0.15) is 6.23 Å². The minimum Gasteiger partial charge on any atom is -0.480 e. The van der Waals surface area contributed by atoms with Crippen molar-refractivity contribution >= 4 is 11.9 Å². The summed E-state index contributed by atoms with van der Waals surface area (Å²) >= 11 is 0. The summed E-state index contributed by atoms with van der Waals surface area (Å²) < 4.78 is 0. The average molecular weight is 163 g/mol. The molecule has 0 aliphatic carbocycles. The molecule has 64 valence electrons. The molecule has 0 aliphatic rings.